The van der Waals surface area contributed by atoms with Gasteiger partial charge in [-0.1, -0.05) is 49.4 Å². The Kier molecular flexibility index (Phi) is 10.7. The molecule has 280 valence electrons. The zero-order valence-corrected chi connectivity index (χ0v) is 31.1. The molecule has 2 amide bonds. The van der Waals surface area contributed by atoms with Crippen LogP contribution in [0.5, 0.6) is 0 Å². The molecule has 8 rings (SSSR count). The van der Waals surface area contributed by atoms with E-state index in [0.717, 1.165) is 83.1 Å². The molecule has 0 radical (unpaired) electrons. The number of carbonyl (C=O) groups excluding carboxylic acids is 2. The van der Waals surface area contributed by atoms with Crippen molar-refractivity contribution in [2.24, 2.45) is 5.92 Å². The Hall–Kier alpha value is -5.17. The number of pyridine rings is 2. The van der Waals surface area contributed by atoms with Gasteiger partial charge in [-0.15, -0.1) is 0 Å². The lowest BCUT2D eigenvalue weighted by Gasteiger charge is -2.27. The van der Waals surface area contributed by atoms with Crippen LogP contribution in [-0.2, 0) is 37.3 Å². The Morgan fingerprint density at radius 1 is 0.889 bits per heavy atom. The van der Waals surface area contributed by atoms with Crippen molar-refractivity contribution in [1.82, 2.24) is 40.6 Å². The van der Waals surface area contributed by atoms with Gasteiger partial charge in [0.25, 0.3) is 11.8 Å². The highest BCUT2D eigenvalue weighted by Crippen LogP contribution is 2.32. The first-order valence-electron chi connectivity index (χ1n) is 19.4. The molecule has 4 N–H and O–H groups in total. The Morgan fingerprint density at radius 2 is 1.59 bits per heavy atom. The van der Waals surface area contributed by atoms with Gasteiger partial charge in [0.2, 0.25) is 0 Å². The topological polar surface area (TPSA) is 138 Å². The molecular formula is C42H49N9O3. The molecular weight excluding hydrogens is 679 g/mol. The maximum Gasteiger partial charge on any atom is 0.270 e. The number of anilines is 1. The van der Waals surface area contributed by atoms with Gasteiger partial charge in [0.15, 0.2) is 5.65 Å². The van der Waals surface area contributed by atoms with Crippen LogP contribution in [0.1, 0.15) is 76.5 Å². The summed E-state index contributed by atoms with van der Waals surface area (Å²) < 4.78 is 7.50. The lowest BCUT2D eigenvalue weighted by Crippen LogP contribution is -2.43. The van der Waals surface area contributed by atoms with E-state index >= 15 is 0 Å². The summed E-state index contributed by atoms with van der Waals surface area (Å²) in [6.45, 7) is 10.1. The number of hydrogen-bond donors (Lipinski definition) is 4. The van der Waals surface area contributed by atoms with Crippen LogP contribution in [0.3, 0.4) is 0 Å². The predicted molar refractivity (Wildman–Crippen MR) is 209 cm³/mol. The smallest absolute Gasteiger partial charge is 0.270 e. The summed E-state index contributed by atoms with van der Waals surface area (Å²) in [7, 11) is 0. The monoisotopic (exact) mass is 727 g/mol. The quantitative estimate of drug-likeness (QED) is 0.128. The summed E-state index contributed by atoms with van der Waals surface area (Å²) in [6.07, 6.45) is 6.09. The van der Waals surface area contributed by atoms with Crippen molar-refractivity contribution >= 4 is 28.5 Å². The standard InChI is InChI=1S/C42H49N9O3/c1-3-35-33(39(47-32-14-16-54-17-15-32)34-24-46-51(4-2)40(34)49-35)23-45-42(53)37-13-7-12-36(48-37)41(52)44-21-27-8-5-10-30(18-27)31-11-6-9-28(19-31)25-50-26-29-20-38(50)43-22-29/h5-13,18-19,24,29,32,38,43H,3-4,14-17,20-23,25-26H2,1-2H3,(H,44,52)(H,45,53)(H,47,49)/t29-,38+/m1/s1. The first-order chi connectivity index (χ1) is 26.4. The molecule has 2 aromatic carbocycles. The molecule has 3 aliphatic heterocycles. The molecule has 0 saturated carbocycles. The summed E-state index contributed by atoms with van der Waals surface area (Å²) in [5.41, 5.74) is 8.51. The molecule has 0 aliphatic carbocycles. The van der Waals surface area contributed by atoms with Crippen molar-refractivity contribution in [3.05, 3.63) is 107 Å². The molecule has 3 aromatic heterocycles. The Bertz CT molecular complexity index is 2140. The molecule has 12 heteroatoms. The van der Waals surface area contributed by atoms with Crippen LogP contribution < -0.4 is 21.3 Å². The highest BCUT2D eigenvalue weighted by molar-refractivity contribution is 5.97. The van der Waals surface area contributed by atoms with Crippen molar-refractivity contribution in [2.45, 2.75) is 77.9 Å². The maximum atomic E-state index is 13.5. The summed E-state index contributed by atoms with van der Waals surface area (Å²) in [4.78, 5) is 38.8. The third-order valence-electron chi connectivity index (χ3n) is 11.0. The summed E-state index contributed by atoms with van der Waals surface area (Å²) in [5.74, 6) is 0.0650. The number of likely N-dealkylation sites (tertiary alicyclic amines) is 1. The predicted octanol–water partition coefficient (Wildman–Crippen LogP) is 5.28. The minimum absolute atomic E-state index is 0.173. The molecule has 6 heterocycles. The number of hydrogen-bond acceptors (Lipinski definition) is 9. The van der Waals surface area contributed by atoms with Gasteiger partial charge in [-0.25, -0.2) is 14.6 Å². The van der Waals surface area contributed by atoms with Gasteiger partial charge >= 0.3 is 0 Å². The van der Waals surface area contributed by atoms with Crippen molar-refractivity contribution in [2.75, 3.05) is 31.6 Å². The van der Waals surface area contributed by atoms with Gasteiger partial charge in [-0.05, 0) is 85.0 Å². The molecule has 12 nitrogen and oxygen atoms in total. The molecule has 3 aliphatic rings. The number of fused-ring (bicyclic) bond motifs is 3. The number of ether oxygens (including phenoxy) is 1. The minimum atomic E-state index is -0.364. The number of rotatable bonds is 13. The van der Waals surface area contributed by atoms with Gasteiger partial charge < -0.3 is 26.0 Å². The fraction of sp³-hybridized carbons (Fsp3) is 0.405. The molecule has 2 bridgehead atoms. The van der Waals surface area contributed by atoms with Gasteiger partial charge in [-0.3, -0.25) is 14.5 Å². The van der Waals surface area contributed by atoms with Crippen LogP contribution in [0, 0.1) is 5.92 Å². The molecule has 3 fully saturated rings. The van der Waals surface area contributed by atoms with E-state index in [-0.39, 0.29) is 35.8 Å². The molecule has 5 aromatic rings. The highest BCUT2D eigenvalue weighted by atomic mass is 16.5. The van der Waals surface area contributed by atoms with Gasteiger partial charge in [0.1, 0.15) is 11.4 Å². The number of carbonyl (C=O) groups is 2. The Morgan fingerprint density at radius 3 is 2.28 bits per heavy atom. The first kappa shape index (κ1) is 35.8. The normalized spacial score (nSPS) is 18.6. The second kappa shape index (κ2) is 16.1. The summed E-state index contributed by atoms with van der Waals surface area (Å²) >= 11 is 0. The minimum Gasteiger partial charge on any atom is -0.381 e. The SMILES string of the molecule is CCc1nc2c(cnn2CC)c(NC2CCOCC2)c1CNC(=O)c1cccc(C(=O)NCc2cccc(-c3cccc(CN4C[C@H]5CN[C@@H]4C5)c3)c2)n1. The molecule has 0 spiro atoms. The third kappa shape index (κ3) is 7.73. The van der Waals surface area contributed by atoms with Crippen molar-refractivity contribution in [3.63, 3.8) is 0 Å². The van der Waals surface area contributed by atoms with Crippen LogP contribution in [0.25, 0.3) is 22.2 Å². The largest absolute Gasteiger partial charge is 0.381 e. The number of aromatic nitrogens is 4. The zero-order chi connectivity index (χ0) is 37.0. The van der Waals surface area contributed by atoms with E-state index in [4.69, 9.17) is 9.72 Å². The average Bonchev–Trinajstić information content (AvgIpc) is 3.96. The molecule has 3 saturated heterocycles. The van der Waals surface area contributed by atoms with Gasteiger partial charge in [-0.2, -0.15) is 5.10 Å². The van der Waals surface area contributed by atoms with Crippen LogP contribution in [0.2, 0.25) is 0 Å². The van der Waals surface area contributed by atoms with E-state index in [9.17, 15) is 9.59 Å². The van der Waals surface area contributed by atoms with Gasteiger partial charge in [0.05, 0.1) is 23.4 Å². The van der Waals surface area contributed by atoms with Crippen molar-refractivity contribution in [1.29, 1.82) is 0 Å². The van der Waals surface area contributed by atoms with E-state index in [1.807, 2.05) is 23.0 Å². The van der Waals surface area contributed by atoms with Gasteiger partial charge in [0, 0.05) is 69.8 Å². The summed E-state index contributed by atoms with van der Waals surface area (Å²) in [5, 5.41) is 18.9. The molecule has 2 atom stereocenters. The fourth-order valence-corrected chi connectivity index (χ4v) is 8.10. The summed E-state index contributed by atoms with van der Waals surface area (Å²) in [6, 6.07) is 22.2. The number of amides is 2. The molecule has 54 heavy (non-hydrogen) atoms. The van der Waals surface area contributed by atoms with E-state index < -0.39 is 0 Å². The lowest BCUT2D eigenvalue weighted by atomic mass is 10.0. The second-order valence-electron chi connectivity index (χ2n) is 14.6. The van der Waals surface area contributed by atoms with E-state index in [2.05, 4.69) is 86.5 Å². The maximum absolute atomic E-state index is 13.5. The number of aryl methyl sites for hydroxylation is 2. The van der Waals surface area contributed by atoms with E-state index in [1.54, 1.807) is 18.2 Å². The zero-order valence-electron chi connectivity index (χ0n) is 31.1. The van der Waals surface area contributed by atoms with Crippen molar-refractivity contribution in [3.8, 4) is 11.1 Å². The molecule has 0 unspecified atom stereocenters. The van der Waals surface area contributed by atoms with Crippen LogP contribution in [-0.4, -0.2) is 75.0 Å². The first-order valence-corrected chi connectivity index (χ1v) is 19.4. The Labute approximate surface area is 316 Å². The third-order valence-corrected chi connectivity index (χ3v) is 11.0. The van der Waals surface area contributed by atoms with E-state index in [0.29, 0.717) is 38.9 Å². The second-order valence-corrected chi connectivity index (χ2v) is 14.6. The fourth-order valence-electron chi connectivity index (χ4n) is 8.10. The highest BCUT2D eigenvalue weighted by Gasteiger charge is 2.37. The number of nitrogens with zero attached hydrogens (tertiary/aromatic N) is 5. The van der Waals surface area contributed by atoms with E-state index in [1.165, 1.54) is 12.0 Å². The Balaban J connectivity index is 0.921. The number of nitrogens with one attached hydrogen (secondary N) is 4. The number of benzene rings is 2. The van der Waals surface area contributed by atoms with Crippen LogP contribution in [0.4, 0.5) is 5.69 Å². The van der Waals surface area contributed by atoms with Crippen LogP contribution >= 0.6 is 0 Å². The lowest BCUT2D eigenvalue weighted by molar-refractivity contribution is 0.0904. The average molecular weight is 728 g/mol. The van der Waals surface area contributed by atoms with Crippen LogP contribution in [0.15, 0.2) is 72.9 Å². The van der Waals surface area contributed by atoms with Crippen molar-refractivity contribution < 1.29 is 14.3 Å².